The number of alkyl halides is 3. The first-order valence-electron chi connectivity index (χ1n) is 16.7. The highest BCUT2D eigenvalue weighted by atomic mass is 32.2. The molecule has 0 bridgehead atoms. The van der Waals surface area contributed by atoms with Crippen LogP contribution in [0.15, 0.2) is 102 Å². The van der Waals surface area contributed by atoms with E-state index in [-0.39, 0.29) is 12.1 Å². The number of nitrogens with zero attached hydrogens (tertiary/aromatic N) is 4. The van der Waals surface area contributed by atoms with Gasteiger partial charge in [-0.25, -0.2) is 18.4 Å². The molecular formula is C38H41F3N8O2S. The quantitative estimate of drug-likeness (QED) is 0.103. The number of sulfone groups is 1. The number of halogens is 3. The van der Waals surface area contributed by atoms with Crippen LogP contribution in [0.25, 0.3) is 21.8 Å². The molecule has 4 N–H and O–H groups in total. The highest BCUT2D eigenvalue weighted by Crippen LogP contribution is 2.30. The lowest BCUT2D eigenvalue weighted by Gasteiger charge is -2.14. The van der Waals surface area contributed by atoms with E-state index < -0.39 is 21.6 Å². The number of rotatable bonds is 11. The van der Waals surface area contributed by atoms with Crippen LogP contribution in [0.1, 0.15) is 44.4 Å². The summed E-state index contributed by atoms with van der Waals surface area (Å²) in [6.45, 7) is 8.75. The topological polar surface area (TPSA) is 134 Å². The van der Waals surface area contributed by atoms with E-state index in [2.05, 4.69) is 41.2 Å². The average Bonchev–Trinajstić information content (AvgIpc) is 3.09. The van der Waals surface area contributed by atoms with Gasteiger partial charge < -0.3 is 21.3 Å². The molecule has 0 atom stereocenters. The summed E-state index contributed by atoms with van der Waals surface area (Å²) in [6, 6.07) is 27.8. The fraction of sp³-hybridized carbons (Fsp3) is 0.263. The molecule has 0 saturated carbocycles. The molecule has 2 aromatic heterocycles. The number of aromatic nitrogens is 4. The van der Waals surface area contributed by atoms with Crippen LogP contribution in [0, 0.1) is 0 Å². The number of nitrogens with one attached hydrogen (secondary N) is 4. The molecule has 0 unspecified atom stereocenters. The molecule has 6 aromatic rings. The Labute approximate surface area is 301 Å². The first-order valence-corrected chi connectivity index (χ1v) is 18.5. The van der Waals surface area contributed by atoms with E-state index in [0.717, 1.165) is 39.5 Å². The summed E-state index contributed by atoms with van der Waals surface area (Å²) in [7, 11) is -3.29. The van der Waals surface area contributed by atoms with Crippen LogP contribution in [0.2, 0.25) is 0 Å². The van der Waals surface area contributed by atoms with Crippen molar-refractivity contribution >= 4 is 55.2 Å². The van der Waals surface area contributed by atoms with Crippen LogP contribution in [0.4, 0.5) is 36.7 Å². The van der Waals surface area contributed by atoms with Crippen LogP contribution in [-0.2, 0) is 29.1 Å². The zero-order valence-corrected chi connectivity index (χ0v) is 30.3. The van der Waals surface area contributed by atoms with Crippen LogP contribution < -0.4 is 21.3 Å². The fourth-order valence-electron chi connectivity index (χ4n) is 5.26. The van der Waals surface area contributed by atoms with E-state index in [1.165, 1.54) is 18.4 Å². The maximum absolute atomic E-state index is 12.7. The predicted molar refractivity (Wildman–Crippen MR) is 202 cm³/mol. The van der Waals surface area contributed by atoms with E-state index in [1.807, 2.05) is 82.3 Å². The highest BCUT2D eigenvalue weighted by molar-refractivity contribution is 7.90. The highest BCUT2D eigenvalue weighted by Gasteiger charge is 2.29. The first-order chi connectivity index (χ1) is 24.7. The smallest absolute Gasteiger partial charge is 0.365 e. The summed E-state index contributed by atoms with van der Waals surface area (Å²) in [6.07, 6.45) is -3.11. The van der Waals surface area contributed by atoms with Gasteiger partial charge in [-0.3, -0.25) is 0 Å². The Kier molecular flexibility index (Phi) is 11.8. The van der Waals surface area contributed by atoms with Crippen molar-refractivity contribution in [2.45, 2.75) is 63.9 Å². The van der Waals surface area contributed by atoms with Gasteiger partial charge in [-0.2, -0.15) is 23.1 Å². The summed E-state index contributed by atoms with van der Waals surface area (Å²) >= 11 is 0. The minimum Gasteiger partial charge on any atom is -0.365 e. The second-order valence-electron chi connectivity index (χ2n) is 12.7. The normalized spacial score (nSPS) is 11.7. The zero-order valence-electron chi connectivity index (χ0n) is 29.5. The maximum Gasteiger partial charge on any atom is 0.416 e. The van der Waals surface area contributed by atoms with E-state index in [1.54, 1.807) is 18.2 Å². The Hall–Kier alpha value is -5.50. The zero-order chi connectivity index (χ0) is 37.5. The number of para-hydroxylation sites is 2. The van der Waals surface area contributed by atoms with Gasteiger partial charge in [0.15, 0.2) is 9.84 Å². The number of hydrogen-bond acceptors (Lipinski definition) is 10. The van der Waals surface area contributed by atoms with Gasteiger partial charge in [0.1, 0.15) is 11.6 Å². The largest absolute Gasteiger partial charge is 0.416 e. The van der Waals surface area contributed by atoms with Gasteiger partial charge in [0.05, 0.1) is 21.5 Å². The predicted octanol–water partition coefficient (Wildman–Crippen LogP) is 8.55. The summed E-state index contributed by atoms with van der Waals surface area (Å²) < 4.78 is 61.9. The molecule has 0 aliphatic heterocycles. The molecule has 272 valence electrons. The molecule has 0 aliphatic carbocycles. The molecule has 14 heteroatoms. The molecule has 4 aromatic carbocycles. The molecule has 0 aliphatic rings. The third-order valence-corrected chi connectivity index (χ3v) is 8.80. The molecule has 0 fully saturated rings. The van der Waals surface area contributed by atoms with Gasteiger partial charge in [-0.1, -0.05) is 54.6 Å². The van der Waals surface area contributed by atoms with Crippen molar-refractivity contribution in [3.05, 3.63) is 114 Å². The summed E-state index contributed by atoms with van der Waals surface area (Å²) in [5.41, 5.74) is 2.40. The number of fused-ring (bicyclic) bond motifs is 2. The van der Waals surface area contributed by atoms with Crippen LogP contribution in [-0.4, -0.2) is 46.7 Å². The van der Waals surface area contributed by atoms with E-state index in [9.17, 15) is 21.6 Å². The van der Waals surface area contributed by atoms with Crippen LogP contribution in [0.3, 0.4) is 0 Å². The molecule has 6 rings (SSSR count). The lowest BCUT2D eigenvalue weighted by Crippen LogP contribution is -2.14. The monoisotopic (exact) mass is 730 g/mol. The molecule has 10 nitrogen and oxygen atoms in total. The molecule has 2 heterocycles. The number of benzene rings is 4. The summed E-state index contributed by atoms with van der Waals surface area (Å²) in [5, 5.41) is 14.6. The van der Waals surface area contributed by atoms with Crippen molar-refractivity contribution in [1.29, 1.82) is 0 Å². The lowest BCUT2D eigenvalue weighted by atomic mass is 10.1. The fourth-order valence-corrected chi connectivity index (χ4v) is 6.20. The average molecular weight is 731 g/mol. The standard InChI is InChI=1S/C19H19F3N4.C19H22N4O2S/c1-12(2)24-18-25-16-6-4-3-5-15(16)17(26-18)23-11-13-7-9-14(10-8-13)19(20,21)22;1-13(2)21-19-22-16-10-6-5-9-15(16)18(23-19)20-12-14-8-4-7-11-17(14)26(3,24)25/h3-10,12H,11H2,1-2H3,(H2,23,24,25,26);4-11,13H,12H2,1-3H3,(H2,20,21,22,23). The van der Waals surface area contributed by atoms with Crippen molar-refractivity contribution < 1.29 is 21.6 Å². The SMILES string of the molecule is CC(C)Nc1nc(NCc2ccc(C(F)(F)F)cc2)c2ccccc2n1.CC(C)Nc1nc(NCc2ccccc2S(C)(=O)=O)c2ccccc2n1. The van der Waals surface area contributed by atoms with Crippen molar-refractivity contribution in [1.82, 2.24) is 19.9 Å². The molecule has 0 radical (unpaired) electrons. The Bertz CT molecular complexity index is 2250. The lowest BCUT2D eigenvalue weighted by molar-refractivity contribution is -0.137. The minimum atomic E-state index is -4.33. The third-order valence-electron chi connectivity index (χ3n) is 7.60. The van der Waals surface area contributed by atoms with Gasteiger partial charge in [0.25, 0.3) is 0 Å². The van der Waals surface area contributed by atoms with Crippen molar-refractivity contribution in [2.24, 2.45) is 0 Å². The second kappa shape index (κ2) is 16.2. The Balaban J connectivity index is 0.000000201. The van der Waals surface area contributed by atoms with E-state index >= 15 is 0 Å². The molecule has 0 amide bonds. The first kappa shape index (κ1) is 37.7. The third kappa shape index (κ3) is 10.1. The second-order valence-corrected chi connectivity index (χ2v) is 14.7. The van der Waals surface area contributed by atoms with Gasteiger partial charge >= 0.3 is 6.18 Å². The Morgan fingerprint density at radius 1 is 0.615 bits per heavy atom. The van der Waals surface area contributed by atoms with E-state index in [4.69, 9.17) is 0 Å². The molecule has 52 heavy (non-hydrogen) atoms. The molecular weight excluding hydrogens is 690 g/mol. The summed E-state index contributed by atoms with van der Waals surface area (Å²) in [4.78, 5) is 18.4. The van der Waals surface area contributed by atoms with Crippen molar-refractivity contribution in [3.63, 3.8) is 0 Å². The van der Waals surface area contributed by atoms with Crippen LogP contribution in [0.5, 0.6) is 0 Å². The maximum atomic E-state index is 12.7. The van der Waals surface area contributed by atoms with E-state index in [0.29, 0.717) is 47.1 Å². The number of anilines is 4. The van der Waals surface area contributed by atoms with Gasteiger partial charge in [-0.05, 0) is 81.3 Å². The Morgan fingerprint density at radius 2 is 1.08 bits per heavy atom. The molecule has 0 spiro atoms. The van der Waals surface area contributed by atoms with Gasteiger partial charge in [-0.15, -0.1) is 0 Å². The number of hydrogen-bond donors (Lipinski definition) is 4. The van der Waals surface area contributed by atoms with Gasteiger partial charge in [0.2, 0.25) is 11.9 Å². The van der Waals surface area contributed by atoms with Crippen molar-refractivity contribution in [3.8, 4) is 0 Å². The minimum absolute atomic E-state index is 0.180. The summed E-state index contributed by atoms with van der Waals surface area (Å²) in [5.74, 6) is 2.35. The Morgan fingerprint density at radius 3 is 1.56 bits per heavy atom. The molecule has 0 saturated heterocycles. The van der Waals surface area contributed by atoms with Gasteiger partial charge in [0, 0.05) is 42.2 Å². The van der Waals surface area contributed by atoms with Crippen LogP contribution >= 0.6 is 0 Å². The van der Waals surface area contributed by atoms with Crippen molar-refractivity contribution in [2.75, 3.05) is 27.5 Å².